The van der Waals surface area contributed by atoms with Crippen LogP contribution in [0.15, 0.2) is 0 Å². The molecule has 0 aliphatic carbocycles. The summed E-state index contributed by atoms with van der Waals surface area (Å²) in [5.41, 5.74) is -0.292. The second kappa shape index (κ2) is 6.66. The number of carbonyl (C=O) groups excluding carboxylic acids is 2. The molecule has 8 nitrogen and oxygen atoms in total. The van der Waals surface area contributed by atoms with Gasteiger partial charge in [-0.3, -0.25) is 9.59 Å². The van der Waals surface area contributed by atoms with Gasteiger partial charge < -0.3 is 19.5 Å². The lowest BCUT2D eigenvalue weighted by molar-refractivity contribution is -0.145. The zero-order valence-corrected chi connectivity index (χ0v) is 14.4. The van der Waals surface area contributed by atoms with Crippen LogP contribution in [0, 0.1) is 12.3 Å². The number of likely N-dealkylation sites (N-methyl/N-ethyl adjacent to an activating group) is 1. The van der Waals surface area contributed by atoms with Crippen molar-refractivity contribution >= 4 is 11.8 Å². The molecule has 0 spiro atoms. The second-order valence-corrected chi connectivity index (χ2v) is 6.70. The number of rotatable bonds is 5. The number of nitrogens with zero attached hydrogens (tertiary/aromatic N) is 4. The van der Waals surface area contributed by atoms with Crippen molar-refractivity contribution in [3.05, 3.63) is 11.6 Å². The molecule has 1 aromatic heterocycles. The number of ether oxygens (including phenoxy) is 1. The minimum absolute atomic E-state index is 0.0763. The molecule has 2 amide bonds. The topological polar surface area (TPSA) is 89.4 Å². The lowest BCUT2D eigenvalue weighted by Crippen LogP contribution is -2.54. The molecule has 0 bridgehead atoms. The van der Waals surface area contributed by atoms with E-state index in [4.69, 9.17) is 4.74 Å². The van der Waals surface area contributed by atoms with Crippen molar-refractivity contribution in [2.45, 2.75) is 46.3 Å². The molecule has 1 aliphatic rings. The van der Waals surface area contributed by atoms with Gasteiger partial charge in [-0.1, -0.05) is 13.8 Å². The summed E-state index contributed by atoms with van der Waals surface area (Å²) < 4.78 is 7.07. The fourth-order valence-electron chi connectivity index (χ4n) is 2.92. The number of amides is 2. The molecule has 1 atom stereocenters. The molecule has 1 unspecified atom stereocenters. The average Bonchev–Trinajstić information content (AvgIpc) is 2.85. The third kappa shape index (κ3) is 3.69. The van der Waals surface area contributed by atoms with Crippen LogP contribution in [0.3, 0.4) is 0 Å². The molecule has 2 rings (SSSR count). The van der Waals surface area contributed by atoms with Crippen LogP contribution in [0.5, 0.6) is 0 Å². The van der Waals surface area contributed by atoms with Crippen molar-refractivity contribution in [2.75, 3.05) is 20.8 Å². The summed E-state index contributed by atoms with van der Waals surface area (Å²) in [7, 11) is 3.19. The quantitative estimate of drug-likeness (QED) is 0.830. The number of carbonyl (C=O) groups is 2. The zero-order chi connectivity index (χ0) is 17.2. The SMILES string of the molecule is CNC(=O)C1Cn2c(C)nnc2CN1C(=O)CC(C)(C)COC. The second-order valence-electron chi connectivity index (χ2n) is 6.70. The van der Waals surface area contributed by atoms with Crippen molar-refractivity contribution in [2.24, 2.45) is 5.41 Å². The summed E-state index contributed by atoms with van der Waals surface area (Å²) in [6.45, 7) is 6.94. The highest BCUT2D eigenvalue weighted by atomic mass is 16.5. The van der Waals surface area contributed by atoms with E-state index < -0.39 is 6.04 Å². The Labute approximate surface area is 136 Å². The van der Waals surface area contributed by atoms with Crippen LogP contribution in [-0.2, 0) is 27.4 Å². The van der Waals surface area contributed by atoms with Gasteiger partial charge in [-0.25, -0.2) is 0 Å². The first-order valence-electron chi connectivity index (χ1n) is 7.67. The van der Waals surface area contributed by atoms with Crippen molar-refractivity contribution in [3.8, 4) is 0 Å². The average molecular weight is 323 g/mol. The number of hydrogen-bond donors (Lipinski definition) is 1. The van der Waals surface area contributed by atoms with Crippen LogP contribution >= 0.6 is 0 Å². The van der Waals surface area contributed by atoms with Gasteiger partial charge in [0, 0.05) is 20.6 Å². The number of aryl methyl sites for hydroxylation is 1. The molecule has 0 aromatic carbocycles. The van der Waals surface area contributed by atoms with E-state index in [-0.39, 0.29) is 17.2 Å². The summed E-state index contributed by atoms with van der Waals surface area (Å²) in [5.74, 6) is 1.20. The summed E-state index contributed by atoms with van der Waals surface area (Å²) in [4.78, 5) is 26.6. The Morgan fingerprint density at radius 2 is 2.09 bits per heavy atom. The third-order valence-corrected chi connectivity index (χ3v) is 4.09. The van der Waals surface area contributed by atoms with Crippen LogP contribution in [0.25, 0.3) is 0 Å². The third-order valence-electron chi connectivity index (χ3n) is 4.09. The van der Waals surface area contributed by atoms with Gasteiger partial charge in [0.25, 0.3) is 0 Å². The first kappa shape index (κ1) is 17.4. The van der Waals surface area contributed by atoms with Crippen molar-refractivity contribution in [1.82, 2.24) is 25.0 Å². The summed E-state index contributed by atoms with van der Waals surface area (Å²) >= 11 is 0. The molecule has 8 heteroatoms. The van der Waals surface area contributed by atoms with Gasteiger partial charge in [-0.05, 0) is 12.3 Å². The lowest BCUT2D eigenvalue weighted by atomic mass is 9.89. The van der Waals surface area contributed by atoms with Crippen molar-refractivity contribution < 1.29 is 14.3 Å². The minimum Gasteiger partial charge on any atom is -0.384 e. The lowest BCUT2D eigenvalue weighted by Gasteiger charge is -2.36. The molecule has 1 N–H and O–H groups in total. The fourth-order valence-corrected chi connectivity index (χ4v) is 2.92. The Hall–Kier alpha value is -1.96. The Morgan fingerprint density at radius 3 is 2.70 bits per heavy atom. The van der Waals surface area contributed by atoms with Gasteiger partial charge >= 0.3 is 0 Å². The standard InChI is InChI=1S/C15H25N5O3/c1-10-17-18-12-8-20(11(7-19(10)12)14(22)16-4)13(21)6-15(2,3)9-23-5/h11H,6-9H2,1-5H3,(H,16,22). The number of aromatic nitrogens is 3. The summed E-state index contributed by atoms with van der Waals surface area (Å²) in [6.07, 6.45) is 0.307. The Kier molecular flexibility index (Phi) is 5.03. The number of methoxy groups -OCH3 is 1. The Balaban J connectivity index is 2.23. The molecular formula is C15H25N5O3. The first-order valence-corrected chi connectivity index (χ1v) is 7.67. The number of fused-ring (bicyclic) bond motifs is 1. The molecule has 23 heavy (non-hydrogen) atoms. The van der Waals surface area contributed by atoms with Gasteiger partial charge in [-0.2, -0.15) is 0 Å². The predicted octanol–water partition coefficient (Wildman–Crippen LogP) is 0.106. The van der Waals surface area contributed by atoms with Crippen LogP contribution in [0.1, 0.15) is 31.9 Å². The molecule has 0 fully saturated rings. The van der Waals surface area contributed by atoms with Gasteiger partial charge in [0.1, 0.15) is 11.9 Å². The largest absolute Gasteiger partial charge is 0.384 e. The molecule has 0 radical (unpaired) electrons. The monoisotopic (exact) mass is 323 g/mol. The molecule has 128 valence electrons. The van der Waals surface area contributed by atoms with Gasteiger partial charge in [0.15, 0.2) is 5.82 Å². The van der Waals surface area contributed by atoms with E-state index in [1.807, 2.05) is 25.3 Å². The van der Waals surface area contributed by atoms with Crippen LogP contribution in [-0.4, -0.2) is 58.3 Å². The summed E-state index contributed by atoms with van der Waals surface area (Å²) in [5, 5.41) is 10.8. The van der Waals surface area contributed by atoms with Crippen LogP contribution < -0.4 is 5.32 Å². The van der Waals surface area contributed by atoms with E-state index in [1.54, 1.807) is 19.1 Å². The van der Waals surface area contributed by atoms with Gasteiger partial charge in [0.2, 0.25) is 11.8 Å². The highest BCUT2D eigenvalue weighted by Gasteiger charge is 2.37. The molecule has 1 aromatic rings. The Bertz CT molecular complexity index is 596. The van der Waals surface area contributed by atoms with E-state index in [0.717, 1.165) is 5.82 Å². The molecule has 1 aliphatic heterocycles. The summed E-state index contributed by atoms with van der Waals surface area (Å²) in [6, 6.07) is -0.548. The highest BCUT2D eigenvalue weighted by Crippen LogP contribution is 2.25. The van der Waals surface area contributed by atoms with Crippen LogP contribution in [0.4, 0.5) is 0 Å². The van der Waals surface area contributed by atoms with Gasteiger partial charge in [0.05, 0.1) is 19.7 Å². The first-order chi connectivity index (χ1) is 10.8. The highest BCUT2D eigenvalue weighted by molar-refractivity contribution is 5.87. The molecule has 2 heterocycles. The van der Waals surface area contributed by atoms with E-state index in [0.29, 0.717) is 31.9 Å². The molecular weight excluding hydrogens is 298 g/mol. The van der Waals surface area contributed by atoms with E-state index in [2.05, 4.69) is 15.5 Å². The van der Waals surface area contributed by atoms with Gasteiger partial charge in [-0.15, -0.1) is 10.2 Å². The molecule has 0 saturated heterocycles. The van der Waals surface area contributed by atoms with Crippen molar-refractivity contribution in [3.63, 3.8) is 0 Å². The van der Waals surface area contributed by atoms with Crippen LogP contribution in [0.2, 0.25) is 0 Å². The number of nitrogens with one attached hydrogen (secondary N) is 1. The smallest absolute Gasteiger partial charge is 0.244 e. The zero-order valence-electron chi connectivity index (χ0n) is 14.4. The van der Waals surface area contributed by atoms with Crippen molar-refractivity contribution in [1.29, 1.82) is 0 Å². The van der Waals surface area contributed by atoms with E-state index in [9.17, 15) is 9.59 Å². The predicted molar refractivity (Wildman–Crippen MR) is 83.4 cm³/mol. The maximum absolute atomic E-state index is 12.8. The normalized spacial score (nSPS) is 17.8. The maximum atomic E-state index is 12.8. The van der Waals surface area contributed by atoms with E-state index in [1.165, 1.54) is 0 Å². The Morgan fingerprint density at radius 1 is 1.39 bits per heavy atom. The van der Waals surface area contributed by atoms with E-state index >= 15 is 0 Å². The fraction of sp³-hybridized carbons (Fsp3) is 0.733. The minimum atomic E-state index is -0.548. The molecule has 0 saturated carbocycles. The number of hydrogen-bond acceptors (Lipinski definition) is 5. The maximum Gasteiger partial charge on any atom is 0.244 e.